The molecule has 4 rings (SSSR count). The zero-order valence-electron chi connectivity index (χ0n) is 17.0. The van der Waals surface area contributed by atoms with Crippen LogP contribution in [0.3, 0.4) is 0 Å². The Balaban J connectivity index is 1.54. The molecule has 0 aliphatic rings. The van der Waals surface area contributed by atoms with Gasteiger partial charge in [-0.2, -0.15) is 0 Å². The summed E-state index contributed by atoms with van der Waals surface area (Å²) in [6, 6.07) is 17.2. The smallest absolute Gasteiger partial charge is 0.209 e. The van der Waals surface area contributed by atoms with Gasteiger partial charge in [-0.1, -0.05) is 0 Å². The maximum absolute atomic E-state index is 14.8. The van der Waals surface area contributed by atoms with Gasteiger partial charge in [0.25, 0.3) is 0 Å². The lowest BCUT2D eigenvalue weighted by Crippen LogP contribution is -2.08. The molecule has 0 aliphatic heterocycles. The number of hydrogen-bond acceptors (Lipinski definition) is 4. The molecule has 4 aromatic rings. The number of carbonyl (C=O) groups is 1. The van der Waals surface area contributed by atoms with Crippen LogP contribution >= 0.6 is 15.9 Å². The molecular formula is C24H20BrFN2O3. The first kappa shape index (κ1) is 20.9. The van der Waals surface area contributed by atoms with Crippen LogP contribution in [0.4, 0.5) is 10.1 Å². The lowest BCUT2D eigenvalue weighted by Gasteiger charge is -2.13. The Bertz CT molecular complexity index is 1270. The molecule has 31 heavy (non-hydrogen) atoms. The molecule has 0 atom stereocenters. The predicted molar refractivity (Wildman–Crippen MR) is 122 cm³/mol. The van der Waals surface area contributed by atoms with Crippen molar-refractivity contribution < 1.29 is 18.7 Å². The van der Waals surface area contributed by atoms with Gasteiger partial charge in [-0.05, 0) is 70.5 Å². The SMILES string of the molecule is COc1ccc(CNc2ccc(C(=O)c3ccc4c(Br)cccn34)cc2F)c(OC)c1. The average Bonchev–Trinajstić information content (AvgIpc) is 3.23. The topological polar surface area (TPSA) is 52.0 Å². The van der Waals surface area contributed by atoms with E-state index in [2.05, 4.69) is 21.2 Å². The summed E-state index contributed by atoms with van der Waals surface area (Å²) in [5.41, 5.74) is 2.78. The monoisotopic (exact) mass is 482 g/mol. The van der Waals surface area contributed by atoms with Crippen LogP contribution in [0.2, 0.25) is 0 Å². The summed E-state index contributed by atoms with van der Waals surface area (Å²) in [5, 5.41) is 3.06. The van der Waals surface area contributed by atoms with E-state index in [1.54, 1.807) is 42.9 Å². The van der Waals surface area contributed by atoms with Crippen molar-refractivity contribution in [3.63, 3.8) is 0 Å². The Kier molecular flexibility index (Phi) is 5.95. The van der Waals surface area contributed by atoms with E-state index >= 15 is 0 Å². The van der Waals surface area contributed by atoms with Crippen LogP contribution in [0.25, 0.3) is 5.52 Å². The van der Waals surface area contributed by atoms with Crippen molar-refractivity contribution in [2.75, 3.05) is 19.5 Å². The van der Waals surface area contributed by atoms with E-state index in [4.69, 9.17) is 9.47 Å². The van der Waals surface area contributed by atoms with Crippen molar-refractivity contribution in [1.29, 1.82) is 0 Å². The number of ether oxygens (including phenoxy) is 2. The maximum Gasteiger partial charge on any atom is 0.209 e. The molecule has 1 N–H and O–H groups in total. The summed E-state index contributed by atoms with van der Waals surface area (Å²) in [5.74, 6) is 0.575. The highest BCUT2D eigenvalue weighted by molar-refractivity contribution is 9.10. The van der Waals surface area contributed by atoms with Crippen LogP contribution in [0.15, 0.2) is 71.3 Å². The van der Waals surface area contributed by atoms with Gasteiger partial charge in [-0.15, -0.1) is 0 Å². The number of ketones is 1. The first-order chi connectivity index (χ1) is 15.0. The molecule has 0 bridgehead atoms. The van der Waals surface area contributed by atoms with Crippen LogP contribution in [0, 0.1) is 5.82 Å². The molecule has 2 aromatic heterocycles. The van der Waals surface area contributed by atoms with E-state index < -0.39 is 5.82 Å². The highest BCUT2D eigenvalue weighted by Gasteiger charge is 2.16. The molecule has 2 heterocycles. The second kappa shape index (κ2) is 8.81. The number of rotatable bonds is 7. The zero-order chi connectivity index (χ0) is 22.0. The Morgan fingerprint density at radius 2 is 1.90 bits per heavy atom. The summed E-state index contributed by atoms with van der Waals surface area (Å²) >= 11 is 3.48. The summed E-state index contributed by atoms with van der Waals surface area (Å²) < 4.78 is 28.0. The molecule has 0 radical (unpaired) electrons. The molecule has 0 amide bonds. The third-order valence-corrected chi connectivity index (χ3v) is 5.74. The van der Waals surface area contributed by atoms with Crippen molar-refractivity contribution in [1.82, 2.24) is 4.40 Å². The van der Waals surface area contributed by atoms with Crippen molar-refractivity contribution in [2.45, 2.75) is 6.54 Å². The van der Waals surface area contributed by atoms with Gasteiger partial charge in [0.1, 0.15) is 17.3 Å². The third-order valence-electron chi connectivity index (χ3n) is 5.07. The molecule has 0 aliphatic carbocycles. The van der Waals surface area contributed by atoms with E-state index in [9.17, 15) is 9.18 Å². The van der Waals surface area contributed by atoms with Gasteiger partial charge in [0.05, 0.1) is 31.1 Å². The fourth-order valence-corrected chi connectivity index (χ4v) is 3.90. The fraction of sp³-hybridized carbons (Fsp3) is 0.125. The molecule has 158 valence electrons. The Labute approximate surface area is 187 Å². The molecule has 0 saturated carbocycles. The zero-order valence-corrected chi connectivity index (χ0v) is 18.6. The number of methoxy groups -OCH3 is 2. The van der Waals surface area contributed by atoms with Crippen molar-refractivity contribution in [3.05, 3.63) is 94.0 Å². The lowest BCUT2D eigenvalue weighted by molar-refractivity contribution is 0.103. The standard InChI is InChI=1S/C24H20BrFN2O3/c1-30-17-7-5-16(23(13-17)31-2)14-27-20-8-6-15(12-19(20)26)24(29)22-10-9-21-18(25)4-3-11-28(21)22/h3-13,27H,14H2,1-2H3. The first-order valence-corrected chi connectivity index (χ1v) is 10.4. The summed E-state index contributed by atoms with van der Waals surface area (Å²) in [6.45, 7) is 0.356. The number of carbonyl (C=O) groups excluding carboxylic acids is 1. The molecule has 0 fully saturated rings. The third kappa shape index (κ3) is 4.14. The van der Waals surface area contributed by atoms with E-state index in [1.165, 1.54) is 6.07 Å². The van der Waals surface area contributed by atoms with Gasteiger partial charge < -0.3 is 19.2 Å². The van der Waals surface area contributed by atoms with Gasteiger partial charge in [-0.3, -0.25) is 4.79 Å². The molecule has 5 nitrogen and oxygen atoms in total. The number of nitrogens with one attached hydrogen (secondary N) is 1. The van der Waals surface area contributed by atoms with Gasteiger partial charge in [0, 0.05) is 34.4 Å². The molecule has 0 saturated heterocycles. The quantitative estimate of drug-likeness (QED) is 0.343. The number of nitrogens with zero attached hydrogens (tertiary/aromatic N) is 1. The number of anilines is 1. The molecular weight excluding hydrogens is 463 g/mol. The minimum Gasteiger partial charge on any atom is -0.497 e. The molecule has 7 heteroatoms. The van der Waals surface area contributed by atoms with Crippen LogP contribution in [0.5, 0.6) is 11.5 Å². The van der Waals surface area contributed by atoms with Gasteiger partial charge in [0.2, 0.25) is 5.78 Å². The van der Waals surface area contributed by atoms with E-state index in [-0.39, 0.29) is 11.3 Å². The number of hydrogen-bond donors (Lipinski definition) is 1. The fourth-order valence-electron chi connectivity index (χ4n) is 3.42. The van der Waals surface area contributed by atoms with Crippen molar-refractivity contribution >= 4 is 32.9 Å². The highest BCUT2D eigenvalue weighted by Crippen LogP contribution is 2.27. The molecule has 0 unspecified atom stereocenters. The second-order valence-corrected chi connectivity index (χ2v) is 7.74. The van der Waals surface area contributed by atoms with Crippen molar-refractivity contribution in [2.24, 2.45) is 0 Å². The minimum atomic E-state index is -0.500. The van der Waals surface area contributed by atoms with Crippen LogP contribution < -0.4 is 14.8 Å². The summed E-state index contributed by atoms with van der Waals surface area (Å²) in [6.07, 6.45) is 1.81. The molecule has 2 aromatic carbocycles. The van der Waals surface area contributed by atoms with E-state index in [0.29, 0.717) is 29.4 Å². The van der Waals surface area contributed by atoms with Crippen LogP contribution in [-0.2, 0) is 6.54 Å². The minimum absolute atomic E-state index is 0.250. The maximum atomic E-state index is 14.8. The normalized spacial score (nSPS) is 10.8. The van der Waals surface area contributed by atoms with Gasteiger partial charge in [-0.25, -0.2) is 4.39 Å². The van der Waals surface area contributed by atoms with Gasteiger partial charge >= 0.3 is 0 Å². The Morgan fingerprint density at radius 3 is 2.65 bits per heavy atom. The summed E-state index contributed by atoms with van der Waals surface area (Å²) in [4.78, 5) is 13.0. The van der Waals surface area contributed by atoms with Gasteiger partial charge in [0.15, 0.2) is 0 Å². The summed E-state index contributed by atoms with van der Waals surface area (Å²) in [7, 11) is 3.16. The second-order valence-electron chi connectivity index (χ2n) is 6.89. The largest absolute Gasteiger partial charge is 0.497 e. The predicted octanol–water partition coefficient (Wildman–Crippen LogP) is 5.70. The van der Waals surface area contributed by atoms with Crippen LogP contribution in [0.1, 0.15) is 21.6 Å². The van der Waals surface area contributed by atoms with E-state index in [0.717, 1.165) is 15.6 Å². The molecule has 0 spiro atoms. The lowest BCUT2D eigenvalue weighted by atomic mass is 10.1. The Hall–Kier alpha value is -3.32. The number of halogens is 2. The number of fused-ring (bicyclic) bond motifs is 1. The van der Waals surface area contributed by atoms with E-state index in [1.807, 2.05) is 36.5 Å². The van der Waals surface area contributed by atoms with Crippen LogP contribution in [-0.4, -0.2) is 24.4 Å². The highest BCUT2D eigenvalue weighted by atomic mass is 79.9. The van der Waals surface area contributed by atoms with Crippen molar-refractivity contribution in [3.8, 4) is 11.5 Å². The Morgan fingerprint density at radius 1 is 1.06 bits per heavy atom. The number of aromatic nitrogens is 1. The average molecular weight is 483 g/mol. The number of pyridine rings is 1. The number of benzene rings is 2. The first-order valence-electron chi connectivity index (χ1n) is 9.56.